The van der Waals surface area contributed by atoms with Gasteiger partial charge in [0.1, 0.15) is 0 Å². The van der Waals surface area contributed by atoms with Gasteiger partial charge in [-0.1, -0.05) is 13.8 Å². The van der Waals surface area contributed by atoms with Gasteiger partial charge < -0.3 is 9.64 Å². The summed E-state index contributed by atoms with van der Waals surface area (Å²) in [4.78, 5) is 2.39. The van der Waals surface area contributed by atoms with Crippen LogP contribution in [0.2, 0.25) is 0 Å². The lowest BCUT2D eigenvalue weighted by molar-refractivity contribution is 0.0800. The van der Waals surface area contributed by atoms with Crippen LogP contribution in [0.4, 0.5) is 0 Å². The van der Waals surface area contributed by atoms with Crippen LogP contribution in [-0.4, -0.2) is 43.9 Å². The first kappa shape index (κ1) is 8.97. The molecule has 1 N–H and O–H groups in total. The van der Waals surface area contributed by atoms with Crippen LogP contribution in [0.15, 0.2) is 0 Å². The summed E-state index contributed by atoms with van der Waals surface area (Å²) in [7, 11) is 0. The van der Waals surface area contributed by atoms with Crippen molar-refractivity contribution in [2.75, 3.05) is 32.9 Å². The van der Waals surface area contributed by atoms with Crippen molar-refractivity contribution in [1.29, 1.82) is 0 Å². The lowest BCUT2D eigenvalue weighted by atomic mass is 10.3. The number of nitrogens with one attached hydrogen (secondary N) is 1. The van der Waals surface area contributed by atoms with E-state index >= 15 is 0 Å². The Bertz CT molecular complexity index is 98.3. The van der Waals surface area contributed by atoms with Crippen molar-refractivity contribution in [1.82, 2.24) is 10.2 Å². The summed E-state index contributed by atoms with van der Waals surface area (Å²) < 4.78 is 5.43. The minimum atomic E-state index is 0.412. The minimum Gasteiger partial charge on any atom is -0.360 e. The van der Waals surface area contributed by atoms with Crippen molar-refractivity contribution in [3.05, 3.63) is 0 Å². The van der Waals surface area contributed by atoms with E-state index in [1.165, 1.54) is 0 Å². The van der Waals surface area contributed by atoms with Gasteiger partial charge in [-0.15, -0.1) is 0 Å². The molecule has 1 unspecified atom stereocenters. The highest BCUT2D eigenvalue weighted by Gasteiger charge is 2.16. The van der Waals surface area contributed by atoms with E-state index < -0.39 is 0 Å². The van der Waals surface area contributed by atoms with Gasteiger partial charge in [-0.05, 0) is 13.1 Å². The van der Waals surface area contributed by atoms with Gasteiger partial charge in [0, 0.05) is 13.1 Å². The van der Waals surface area contributed by atoms with Crippen LogP contribution in [0, 0.1) is 0 Å². The Morgan fingerprint density at radius 2 is 2.18 bits per heavy atom. The SMILES string of the molecule is CCN(CC)CC1CNCO1. The predicted molar refractivity (Wildman–Crippen MR) is 45.5 cm³/mol. The molecule has 0 aliphatic carbocycles. The topological polar surface area (TPSA) is 24.5 Å². The summed E-state index contributed by atoms with van der Waals surface area (Å²) in [6.07, 6.45) is 0.412. The Labute approximate surface area is 68.7 Å². The van der Waals surface area contributed by atoms with Crippen molar-refractivity contribution < 1.29 is 4.74 Å². The minimum absolute atomic E-state index is 0.412. The van der Waals surface area contributed by atoms with E-state index in [4.69, 9.17) is 4.74 Å². The molecule has 1 heterocycles. The van der Waals surface area contributed by atoms with E-state index in [1.54, 1.807) is 0 Å². The number of likely N-dealkylation sites (N-methyl/N-ethyl adjacent to an activating group) is 1. The number of nitrogens with zero attached hydrogens (tertiary/aromatic N) is 1. The average molecular weight is 158 g/mol. The van der Waals surface area contributed by atoms with E-state index in [0.717, 1.165) is 32.9 Å². The fraction of sp³-hybridized carbons (Fsp3) is 1.00. The second-order valence-electron chi connectivity index (χ2n) is 2.87. The first-order chi connectivity index (χ1) is 5.36. The van der Waals surface area contributed by atoms with E-state index in [9.17, 15) is 0 Å². The van der Waals surface area contributed by atoms with Gasteiger partial charge in [0.2, 0.25) is 0 Å². The lowest BCUT2D eigenvalue weighted by Gasteiger charge is -2.20. The maximum absolute atomic E-state index is 5.43. The third-order valence-electron chi connectivity index (χ3n) is 2.15. The first-order valence-corrected chi connectivity index (χ1v) is 4.41. The van der Waals surface area contributed by atoms with Crippen LogP contribution in [-0.2, 0) is 4.74 Å². The summed E-state index contributed by atoms with van der Waals surface area (Å²) in [5, 5.41) is 3.18. The Morgan fingerprint density at radius 3 is 2.64 bits per heavy atom. The predicted octanol–water partition coefficient (Wildman–Crippen LogP) is 0.274. The van der Waals surface area contributed by atoms with Crippen LogP contribution in [0.5, 0.6) is 0 Å². The van der Waals surface area contributed by atoms with Crippen molar-refractivity contribution in [3.8, 4) is 0 Å². The Morgan fingerprint density at radius 1 is 1.45 bits per heavy atom. The molecule has 1 fully saturated rings. The molecule has 0 amide bonds. The Balaban J connectivity index is 2.16. The second-order valence-corrected chi connectivity index (χ2v) is 2.87. The number of ether oxygens (including phenoxy) is 1. The Kier molecular flexibility index (Phi) is 3.83. The van der Waals surface area contributed by atoms with Crippen molar-refractivity contribution >= 4 is 0 Å². The second kappa shape index (κ2) is 4.70. The molecule has 0 saturated carbocycles. The van der Waals surface area contributed by atoms with Gasteiger partial charge >= 0.3 is 0 Å². The van der Waals surface area contributed by atoms with E-state index in [1.807, 2.05) is 0 Å². The van der Waals surface area contributed by atoms with E-state index in [-0.39, 0.29) is 0 Å². The van der Waals surface area contributed by atoms with E-state index in [0.29, 0.717) is 6.10 Å². The summed E-state index contributed by atoms with van der Waals surface area (Å²) in [5.74, 6) is 0. The molecule has 3 nitrogen and oxygen atoms in total. The smallest absolute Gasteiger partial charge is 0.0971 e. The van der Waals surface area contributed by atoms with Crippen molar-refractivity contribution in [2.45, 2.75) is 20.0 Å². The van der Waals surface area contributed by atoms with Crippen molar-refractivity contribution in [2.24, 2.45) is 0 Å². The van der Waals surface area contributed by atoms with Crippen LogP contribution in [0.25, 0.3) is 0 Å². The van der Waals surface area contributed by atoms with Gasteiger partial charge in [-0.25, -0.2) is 0 Å². The molecule has 0 radical (unpaired) electrons. The molecule has 0 aromatic heterocycles. The molecule has 3 heteroatoms. The zero-order valence-corrected chi connectivity index (χ0v) is 7.47. The summed E-state index contributed by atoms with van der Waals surface area (Å²) in [6, 6.07) is 0. The van der Waals surface area contributed by atoms with Crippen LogP contribution >= 0.6 is 0 Å². The van der Waals surface area contributed by atoms with Gasteiger partial charge in [-0.2, -0.15) is 0 Å². The van der Waals surface area contributed by atoms with Gasteiger partial charge in [0.05, 0.1) is 12.8 Å². The average Bonchev–Trinajstić information content (AvgIpc) is 2.52. The molecular formula is C8H18N2O. The van der Waals surface area contributed by atoms with E-state index in [2.05, 4.69) is 24.1 Å². The zero-order chi connectivity index (χ0) is 8.10. The van der Waals surface area contributed by atoms with Gasteiger partial charge in [0.15, 0.2) is 0 Å². The molecule has 11 heavy (non-hydrogen) atoms. The summed E-state index contributed by atoms with van der Waals surface area (Å²) in [6.45, 7) is 9.42. The normalized spacial score (nSPS) is 24.8. The largest absolute Gasteiger partial charge is 0.360 e. The lowest BCUT2D eigenvalue weighted by Crippen LogP contribution is -2.34. The summed E-state index contributed by atoms with van der Waals surface area (Å²) >= 11 is 0. The third kappa shape index (κ3) is 2.77. The summed E-state index contributed by atoms with van der Waals surface area (Å²) in [5.41, 5.74) is 0. The Hall–Kier alpha value is -0.120. The highest BCUT2D eigenvalue weighted by molar-refractivity contribution is 4.70. The molecule has 1 aliphatic heterocycles. The molecule has 0 bridgehead atoms. The molecule has 0 spiro atoms. The monoisotopic (exact) mass is 158 g/mol. The van der Waals surface area contributed by atoms with Crippen molar-refractivity contribution in [3.63, 3.8) is 0 Å². The number of rotatable bonds is 4. The highest BCUT2D eigenvalue weighted by atomic mass is 16.5. The molecule has 0 aromatic carbocycles. The first-order valence-electron chi connectivity index (χ1n) is 4.41. The fourth-order valence-electron chi connectivity index (χ4n) is 1.34. The maximum atomic E-state index is 5.43. The zero-order valence-electron chi connectivity index (χ0n) is 7.47. The standard InChI is InChI=1S/C8H18N2O/c1-3-10(4-2)6-8-5-9-7-11-8/h8-9H,3-7H2,1-2H3. The van der Waals surface area contributed by atoms with Gasteiger partial charge in [-0.3, -0.25) is 5.32 Å². The number of hydrogen-bond acceptors (Lipinski definition) is 3. The number of hydrogen-bond donors (Lipinski definition) is 1. The molecular weight excluding hydrogens is 140 g/mol. The molecule has 1 saturated heterocycles. The van der Waals surface area contributed by atoms with Crippen LogP contribution in [0.3, 0.4) is 0 Å². The third-order valence-corrected chi connectivity index (χ3v) is 2.15. The highest BCUT2D eigenvalue weighted by Crippen LogP contribution is 2.00. The van der Waals surface area contributed by atoms with Crippen LogP contribution in [0.1, 0.15) is 13.8 Å². The molecule has 1 atom stereocenters. The molecule has 66 valence electrons. The molecule has 1 aliphatic rings. The molecule has 0 aromatic rings. The maximum Gasteiger partial charge on any atom is 0.0971 e. The quantitative estimate of drug-likeness (QED) is 0.636. The molecule has 1 rings (SSSR count). The van der Waals surface area contributed by atoms with Crippen LogP contribution < -0.4 is 5.32 Å². The van der Waals surface area contributed by atoms with Gasteiger partial charge in [0.25, 0.3) is 0 Å². The fourth-order valence-corrected chi connectivity index (χ4v) is 1.34.